The van der Waals surface area contributed by atoms with Crippen molar-refractivity contribution in [2.24, 2.45) is 16.7 Å². The van der Waals surface area contributed by atoms with Crippen LogP contribution >= 0.6 is 0 Å². The lowest BCUT2D eigenvalue weighted by molar-refractivity contribution is -0.341. The van der Waals surface area contributed by atoms with Crippen LogP contribution in [0.4, 0.5) is 8.78 Å². The van der Waals surface area contributed by atoms with Crippen LogP contribution in [-0.2, 0) is 28.6 Å². The van der Waals surface area contributed by atoms with Gasteiger partial charge in [0.1, 0.15) is 29.8 Å². The second kappa shape index (κ2) is 8.76. The number of ketones is 2. The third-order valence-corrected chi connectivity index (χ3v) is 9.75. The van der Waals surface area contributed by atoms with E-state index < -0.39 is 82.4 Å². The molecule has 0 spiro atoms. The molecule has 5 rings (SSSR count). The molecule has 1 aliphatic heterocycles. The van der Waals surface area contributed by atoms with Gasteiger partial charge in [0.25, 0.3) is 0 Å². The van der Waals surface area contributed by atoms with Gasteiger partial charge in [-0.2, -0.15) is 0 Å². The molecule has 1 aromatic rings. The van der Waals surface area contributed by atoms with Gasteiger partial charge < -0.3 is 19.3 Å². The molecule has 4 aliphatic rings. The highest BCUT2D eigenvalue weighted by Crippen LogP contribution is 2.64. The molecule has 0 aromatic heterocycles. The number of rotatable bonds is 3. The molecular weight excluding hydrogens is 514 g/mol. The van der Waals surface area contributed by atoms with Crippen molar-refractivity contribution < 1.29 is 47.3 Å². The number of ether oxygens (including phenoxy) is 3. The first-order chi connectivity index (χ1) is 18.1. The van der Waals surface area contributed by atoms with E-state index in [0.29, 0.717) is 0 Å². The van der Waals surface area contributed by atoms with Gasteiger partial charge in [-0.15, -0.1) is 0 Å². The van der Waals surface area contributed by atoms with Crippen molar-refractivity contribution >= 4 is 23.5 Å². The van der Waals surface area contributed by atoms with Crippen LogP contribution in [0.2, 0.25) is 0 Å². The molecule has 2 bridgehead atoms. The van der Waals surface area contributed by atoms with Crippen LogP contribution in [0.3, 0.4) is 0 Å². The smallest absolute Gasteiger partial charge is 0.338 e. The van der Waals surface area contributed by atoms with Crippen molar-refractivity contribution in [1.82, 2.24) is 0 Å². The van der Waals surface area contributed by atoms with Gasteiger partial charge in [0.2, 0.25) is 0 Å². The molecule has 1 N–H and O–H groups in total. The highest BCUT2D eigenvalue weighted by molar-refractivity contribution is 6.03. The van der Waals surface area contributed by atoms with Crippen LogP contribution in [0.5, 0.6) is 0 Å². The molecular formula is C29H32F2O8. The zero-order valence-electron chi connectivity index (χ0n) is 22.5. The predicted octanol–water partition coefficient (Wildman–Crippen LogP) is 3.24. The number of alkyl halides is 2. The molecule has 0 amide bonds. The van der Waals surface area contributed by atoms with Gasteiger partial charge in [-0.3, -0.25) is 14.4 Å². The molecule has 8 nitrogen and oxygen atoms in total. The fourth-order valence-corrected chi connectivity index (χ4v) is 7.34. The van der Waals surface area contributed by atoms with E-state index in [9.17, 15) is 24.3 Å². The average Bonchev–Trinajstić information content (AvgIpc) is 2.88. The van der Waals surface area contributed by atoms with E-state index in [4.69, 9.17) is 14.2 Å². The molecule has 3 fully saturated rings. The number of hydrogen-bond donors (Lipinski definition) is 1. The lowest BCUT2D eigenvalue weighted by Gasteiger charge is -2.66. The number of aliphatic hydroxyl groups is 1. The van der Waals surface area contributed by atoms with E-state index in [2.05, 4.69) is 0 Å². The molecule has 1 saturated heterocycles. The first-order valence-electron chi connectivity index (χ1n) is 13.0. The molecule has 3 aliphatic carbocycles. The van der Waals surface area contributed by atoms with Gasteiger partial charge >= 0.3 is 11.9 Å². The summed E-state index contributed by atoms with van der Waals surface area (Å²) in [5, 5.41) is 12.4. The van der Waals surface area contributed by atoms with Crippen LogP contribution in [0.1, 0.15) is 57.8 Å². The largest absolute Gasteiger partial charge is 0.455 e. The highest BCUT2D eigenvalue weighted by atomic mass is 19.1. The van der Waals surface area contributed by atoms with Crippen molar-refractivity contribution in [1.29, 1.82) is 0 Å². The minimum absolute atomic E-state index is 0.0357. The SMILES string of the molecule is CC(=O)O[C@@]12CO[C@@H]1C[C@@H](F)[C@@]1(C)C(=O)CC3=C(C)C(=O)[C@H](F)[C@@](O)([C@@H](OC(=O)c4ccccc4)[C@H]21)C3(C)C. The molecule has 0 radical (unpaired) electrons. The van der Waals surface area contributed by atoms with Crippen LogP contribution in [0.15, 0.2) is 41.5 Å². The number of hydrogen-bond acceptors (Lipinski definition) is 8. The van der Waals surface area contributed by atoms with Crippen LogP contribution in [0, 0.1) is 16.7 Å². The number of benzene rings is 1. The molecule has 0 unspecified atom stereocenters. The van der Waals surface area contributed by atoms with Crippen molar-refractivity contribution in [3.63, 3.8) is 0 Å². The van der Waals surface area contributed by atoms with Crippen molar-refractivity contribution in [3.8, 4) is 0 Å². The second-order valence-corrected chi connectivity index (χ2v) is 11.9. The number of carbonyl (C=O) groups excluding carboxylic acids is 4. The zero-order chi connectivity index (χ0) is 28.7. The van der Waals surface area contributed by atoms with E-state index in [0.717, 1.165) is 6.92 Å². The first-order valence-corrected chi connectivity index (χ1v) is 13.0. The maximum Gasteiger partial charge on any atom is 0.338 e. The molecule has 10 heteroatoms. The van der Waals surface area contributed by atoms with E-state index >= 15 is 8.78 Å². The topological polar surface area (TPSA) is 116 Å². The number of allylic oxidation sites excluding steroid dienone is 1. The average molecular weight is 547 g/mol. The molecule has 39 heavy (non-hydrogen) atoms. The molecule has 1 aromatic carbocycles. The van der Waals surface area contributed by atoms with Gasteiger partial charge in [0.15, 0.2) is 17.6 Å². The van der Waals surface area contributed by atoms with E-state index in [1.54, 1.807) is 18.2 Å². The number of esters is 2. The van der Waals surface area contributed by atoms with Crippen molar-refractivity contribution in [3.05, 3.63) is 47.0 Å². The van der Waals surface area contributed by atoms with Crippen LogP contribution < -0.4 is 0 Å². The minimum atomic E-state index is -2.75. The first kappa shape index (κ1) is 27.6. The Kier molecular flexibility index (Phi) is 6.20. The zero-order valence-corrected chi connectivity index (χ0v) is 22.5. The number of carbonyl (C=O) groups is 4. The molecule has 8 atom stereocenters. The number of halogens is 2. The summed E-state index contributed by atoms with van der Waals surface area (Å²) in [5.41, 5.74) is -7.92. The third-order valence-electron chi connectivity index (χ3n) is 9.75. The monoisotopic (exact) mass is 546 g/mol. The number of fused-ring (bicyclic) bond motifs is 5. The van der Waals surface area contributed by atoms with Crippen molar-refractivity contribution in [2.45, 2.75) is 83.2 Å². The third kappa shape index (κ3) is 3.46. The second-order valence-electron chi connectivity index (χ2n) is 11.9. The Balaban J connectivity index is 1.82. The van der Waals surface area contributed by atoms with Crippen LogP contribution in [0.25, 0.3) is 0 Å². The summed E-state index contributed by atoms with van der Waals surface area (Å²) in [6.45, 7) is 6.47. The maximum atomic E-state index is 16.4. The van der Waals surface area contributed by atoms with Gasteiger partial charge in [-0.05, 0) is 37.1 Å². The Morgan fingerprint density at radius 2 is 1.74 bits per heavy atom. The quantitative estimate of drug-likeness (QED) is 0.575. The Morgan fingerprint density at radius 3 is 2.31 bits per heavy atom. The summed E-state index contributed by atoms with van der Waals surface area (Å²) in [5.74, 6) is -5.02. The Labute approximate surface area is 224 Å². The normalized spacial score (nSPS) is 40.9. The Morgan fingerprint density at radius 1 is 1.10 bits per heavy atom. The van der Waals surface area contributed by atoms with Crippen LogP contribution in [-0.4, -0.2) is 71.0 Å². The summed E-state index contributed by atoms with van der Waals surface area (Å²) in [6.07, 6.45) is -8.23. The summed E-state index contributed by atoms with van der Waals surface area (Å²) in [4.78, 5) is 53.1. The fourth-order valence-electron chi connectivity index (χ4n) is 7.34. The van der Waals surface area contributed by atoms with Crippen molar-refractivity contribution in [2.75, 3.05) is 6.61 Å². The molecule has 1 heterocycles. The summed E-state index contributed by atoms with van der Waals surface area (Å²) in [7, 11) is 0. The highest BCUT2D eigenvalue weighted by Gasteiger charge is 2.78. The minimum Gasteiger partial charge on any atom is -0.455 e. The maximum absolute atomic E-state index is 16.4. The molecule has 2 saturated carbocycles. The van der Waals surface area contributed by atoms with E-state index in [-0.39, 0.29) is 29.7 Å². The predicted molar refractivity (Wildman–Crippen MR) is 132 cm³/mol. The van der Waals surface area contributed by atoms with E-state index in [1.807, 2.05) is 0 Å². The fraction of sp³-hybridized carbons (Fsp3) is 0.586. The summed E-state index contributed by atoms with van der Waals surface area (Å²) in [6, 6.07) is 7.69. The lowest BCUT2D eigenvalue weighted by atomic mass is 9.45. The van der Waals surface area contributed by atoms with Gasteiger partial charge in [-0.1, -0.05) is 32.0 Å². The summed E-state index contributed by atoms with van der Waals surface area (Å²) >= 11 is 0. The standard InChI is InChI=1S/C29H32F2O8/c1-14-17-11-19(33)27(5)18(30)12-20-28(13-37-20,39-15(2)32)22(27)24(38-25(35)16-9-7-6-8-10-16)29(36,26(17,3)4)23(31)21(14)34/h6-10,18,20,22-24,36H,11-13H2,1-5H3/t18-,20-,22+,23+,24+,27+,28+,29-/m1/s1. The Hall–Kier alpha value is -2.98. The Bertz CT molecular complexity index is 1290. The lowest BCUT2D eigenvalue weighted by Crippen LogP contribution is -2.81. The molecule has 210 valence electrons. The van der Waals surface area contributed by atoms with E-state index in [1.165, 1.54) is 39.8 Å². The van der Waals surface area contributed by atoms with Gasteiger partial charge in [0, 0.05) is 25.2 Å². The summed E-state index contributed by atoms with van der Waals surface area (Å²) < 4.78 is 49.8. The number of Topliss-reactive ketones (excluding diaryl/α,β-unsaturated/α-hetero) is 2. The van der Waals surface area contributed by atoms with Gasteiger partial charge in [-0.25, -0.2) is 13.6 Å². The van der Waals surface area contributed by atoms with Gasteiger partial charge in [0.05, 0.1) is 23.5 Å².